The lowest BCUT2D eigenvalue weighted by molar-refractivity contribution is 0.0633. The summed E-state index contributed by atoms with van der Waals surface area (Å²) < 4.78 is 0. The number of aliphatic hydroxyl groups is 2. The quantitative estimate of drug-likeness (QED) is 0.561. The number of rotatable bonds is 0. The molecule has 0 saturated heterocycles. The standard InChI is InChI=1S/C10H16O2/c11-6-3-7-5-1-9(8(7)4-6)10(12)2-5/h5-12H,1-4H2/t5-,6-,7+,8-,9-,10-/m0/s1. The van der Waals surface area contributed by atoms with Crippen molar-refractivity contribution in [3.63, 3.8) is 0 Å². The average molecular weight is 168 g/mol. The van der Waals surface area contributed by atoms with Gasteiger partial charge in [-0.05, 0) is 49.4 Å². The first-order valence-corrected chi connectivity index (χ1v) is 5.12. The molecule has 0 spiro atoms. The van der Waals surface area contributed by atoms with Crippen LogP contribution in [0.25, 0.3) is 0 Å². The maximum atomic E-state index is 9.67. The Morgan fingerprint density at radius 3 is 2.33 bits per heavy atom. The molecule has 0 aromatic heterocycles. The molecule has 2 heteroatoms. The van der Waals surface area contributed by atoms with E-state index in [2.05, 4.69) is 0 Å². The summed E-state index contributed by atoms with van der Waals surface area (Å²) in [6.45, 7) is 0. The zero-order valence-electron chi connectivity index (χ0n) is 7.19. The molecule has 2 N–H and O–H groups in total. The molecule has 0 unspecified atom stereocenters. The van der Waals surface area contributed by atoms with Crippen LogP contribution in [0.5, 0.6) is 0 Å². The summed E-state index contributed by atoms with van der Waals surface area (Å²) in [6, 6.07) is 0. The lowest BCUT2D eigenvalue weighted by atomic mass is 9.80. The molecule has 0 radical (unpaired) electrons. The van der Waals surface area contributed by atoms with Gasteiger partial charge in [0, 0.05) is 0 Å². The lowest BCUT2D eigenvalue weighted by Gasteiger charge is -2.27. The average Bonchev–Trinajstić information content (AvgIpc) is 2.57. The van der Waals surface area contributed by atoms with Gasteiger partial charge in [0.05, 0.1) is 12.2 Å². The molecular formula is C10H16O2. The molecule has 3 saturated carbocycles. The Morgan fingerprint density at radius 1 is 0.750 bits per heavy atom. The van der Waals surface area contributed by atoms with Gasteiger partial charge in [0.1, 0.15) is 0 Å². The van der Waals surface area contributed by atoms with Crippen molar-refractivity contribution >= 4 is 0 Å². The van der Waals surface area contributed by atoms with Crippen LogP contribution in [0.2, 0.25) is 0 Å². The van der Waals surface area contributed by atoms with Gasteiger partial charge in [-0.1, -0.05) is 0 Å². The molecular weight excluding hydrogens is 152 g/mol. The van der Waals surface area contributed by atoms with E-state index in [1.807, 2.05) is 0 Å². The van der Waals surface area contributed by atoms with Crippen molar-refractivity contribution in [3.05, 3.63) is 0 Å². The molecule has 12 heavy (non-hydrogen) atoms. The van der Waals surface area contributed by atoms with E-state index in [9.17, 15) is 10.2 Å². The molecule has 2 bridgehead atoms. The summed E-state index contributed by atoms with van der Waals surface area (Å²) >= 11 is 0. The molecule has 3 fully saturated rings. The molecule has 0 heterocycles. The van der Waals surface area contributed by atoms with Crippen molar-refractivity contribution in [2.45, 2.75) is 37.9 Å². The predicted molar refractivity (Wildman–Crippen MR) is 44.4 cm³/mol. The first-order valence-electron chi connectivity index (χ1n) is 5.12. The van der Waals surface area contributed by atoms with Crippen LogP contribution in [0.15, 0.2) is 0 Å². The highest BCUT2D eigenvalue weighted by Crippen LogP contribution is 2.58. The fraction of sp³-hybridized carbons (Fsp3) is 1.00. The number of hydrogen-bond acceptors (Lipinski definition) is 2. The summed E-state index contributed by atoms with van der Waals surface area (Å²) in [5.41, 5.74) is 0. The SMILES string of the molecule is O[C@@H]1C[C@H]2[C@H](C1)[C@H]1C[C@@H]2[C@@H](O)C1. The van der Waals surface area contributed by atoms with Crippen LogP contribution in [0.4, 0.5) is 0 Å². The van der Waals surface area contributed by atoms with Gasteiger partial charge in [-0.25, -0.2) is 0 Å². The zero-order valence-corrected chi connectivity index (χ0v) is 7.19. The Kier molecular flexibility index (Phi) is 1.37. The van der Waals surface area contributed by atoms with Gasteiger partial charge >= 0.3 is 0 Å². The number of aliphatic hydroxyl groups excluding tert-OH is 2. The summed E-state index contributed by atoms with van der Waals surface area (Å²) in [5.74, 6) is 2.70. The predicted octanol–water partition coefficient (Wildman–Crippen LogP) is 0.774. The smallest absolute Gasteiger partial charge is 0.0574 e. The highest BCUT2D eigenvalue weighted by atomic mass is 16.3. The minimum absolute atomic E-state index is 0.0402. The summed E-state index contributed by atoms with van der Waals surface area (Å²) in [6.07, 6.45) is 4.13. The van der Waals surface area contributed by atoms with Crippen molar-refractivity contribution in [2.75, 3.05) is 0 Å². The Bertz CT molecular complexity index is 200. The topological polar surface area (TPSA) is 40.5 Å². The lowest BCUT2D eigenvalue weighted by Crippen LogP contribution is -2.27. The van der Waals surface area contributed by atoms with E-state index in [0.717, 1.165) is 31.1 Å². The van der Waals surface area contributed by atoms with Gasteiger partial charge in [-0.15, -0.1) is 0 Å². The van der Waals surface area contributed by atoms with Gasteiger partial charge in [0.2, 0.25) is 0 Å². The van der Waals surface area contributed by atoms with E-state index in [1.165, 1.54) is 6.42 Å². The monoisotopic (exact) mass is 168 g/mol. The third kappa shape index (κ3) is 0.775. The minimum Gasteiger partial charge on any atom is -0.393 e. The molecule has 0 aromatic carbocycles. The van der Waals surface area contributed by atoms with Crippen molar-refractivity contribution in [1.82, 2.24) is 0 Å². The number of hydrogen-bond donors (Lipinski definition) is 2. The third-order valence-corrected chi connectivity index (χ3v) is 4.41. The Morgan fingerprint density at radius 2 is 1.50 bits per heavy atom. The molecule has 3 rings (SSSR count). The van der Waals surface area contributed by atoms with Gasteiger partial charge in [-0.2, -0.15) is 0 Å². The second kappa shape index (κ2) is 2.24. The zero-order chi connectivity index (χ0) is 8.29. The van der Waals surface area contributed by atoms with E-state index < -0.39 is 0 Å². The maximum absolute atomic E-state index is 9.67. The van der Waals surface area contributed by atoms with E-state index in [0.29, 0.717) is 11.8 Å². The third-order valence-electron chi connectivity index (χ3n) is 4.41. The molecule has 0 amide bonds. The maximum Gasteiger partial charge on any atom is 0.0574 e. The van der Waals surface area contributed by atoms with Crippen LogP contribution in [0.3, 0.4) is 0 Å². The van der Waals surface area contributed by atoms with Gasteiger partial charge < -0.3 is 10.2 Å². The molecule has 0 aliphatic heterocycles. The molecule has 0 aromatic rings. The largest absolute Gasteiger partial charge is 0.393 e. The van der Waals surface area contributed by atoms with Gasteiger partial charge in [0.15, 0.2) is 0 Å². The summed E-state index contributed by atoms with van der Waals surface area (Å²) in [5, 5.41) is 19.2. The van der Waals surface area contributed by atoms with Gasteiger partial charge in [-0.3, -0.25) is 0 Å². The molecule has 6 atom stereocenters. The Hall–Kier alpha value is -0.0800. The van der Waals surface area contributed by atoms with Crippen molar-refractivity contribution in [2.24, 2.45) is 23.7 Å². The van der Waals surface area contributed by atoms with Crippen molar-refractivity contribution in [3.8, 4) is 0 Å². The van der Waals surface area contributed by atoms with Crippen LogP contribution in [0, 0.1) is 23.7 Å². The van der Waals surface area contributed by atoms with E-state index >= 15 is 0 Å². The van der Waals surface area contributed by atoms with Crippen LogP contribution in [-0.2, 0) is 0 Å². The molecule has 3 aliphatic carbocycles. The van der Waals surface area contributed by atoms with Crippen LogP contribution >= 0.6 is 0 Å². The first-order chi connectivity index (χ1) is 5.75. The summed E-state index contributed by atoms with van der Waals surface area (Å²) in [7, 11) is 0. The van der Waals surface area contributed by atoms with Gasteiger partial charge in [0.25, 0.3) is 0 Å². The van der Waals surface area contributed by atoms with E-state index in [-0.39, 0.29) is 12.2 Å². The fourth-order valence-electron chi connectivity index (χ4n) is 4.01. The van der Waals surface area contributed by atoms with Crippen LogP contribution in [-0.4, -0.2) is 22.4 Å². The van der Waals surface area contributed by atoms with Crippen molar-refractivity contribution < 1.29 is 10.2 Å². The molecule has 3 aliphatic rings. The minimum atomic E-state index is -0.0596. The Labute approximate surface area is 72.6 Å². The second-order valence-corrected chi connectivity index (χ2v) is 4.92. The van der Waals surface area contributed by atoms with E-state index in [4.69, 9.17) is 0 Å². The van der Waals surface area contributed by atoms with E-state index in [1.54, 1.807) is 0 Å². The Balaban J connectivity index is 1.86. The van der Waals surface area contributed by atoms with Crippen LogP contribution in [0.1, 0.15) is 25.7 Å². The molecule has 2 nitrogen and oxygen atoms in total. The first kappa shape index (κ1) is 7.34. The fourth-order valence-corrected chi connectivity index (χ4v) is 4.01. The van der Waals surface area contributed by atoms with Crippen molar-refractivity contribution in [1.29, 1.82) is 0 Å². The summed E-state index contributed by atoms with van der Waals surface area (Å²) in [4.78, 5) is 0. The van der Waals surface area contributed by atoms with Crippen LogP contribution < -0.4 is 0 Å². The normalized spacial score (nSPS) is 62.5. The highest BCUT2D eigenvalue weighted by Gasteiger charge is 2.55. The number of fused-ring (bicyclic) bond motifs is 5. The molecule has 68 valence electrons. The highest BCUT2D eigenvalue weighted by molar-refractivity contribution is 5.04. The second-order valence-electron chi connectivity index (χ2n) is 4.92.